The first-order chi connectivity index (χ1) is 14.0. The molecule has 3 rings (SSSR count). The number of benzene rings is 1. The van der Waals surface area contributed by atoms with Crippen molar-refractivity contribution in [1.29, 1.82) is 0 Å². The van der Waals surface area contributed by atoms with E-state index in [4.69, 9.17) is 4.74 Å². The van der Waals surface area contributed by atoms with Crippen molar-refractivity contribution in [2.75, 3.05) is 24.3 Å². The highest BCUT2D eigenvalue weighted by Gasteiger charge is 2.34. The molecule has 0 spiro atoms. The molecule has 0 radical (unpaired) electrons. The number of aromatic nitrogens is 1. The molecule has 0 saturated carbocycles. The highest BCUT2D eigenvalue weighted by Crippen LogP contribution is 2.38. The molecule has 1 fully saturated rings. The van der Waals surface area contributed by atoms with E-state index in [-0.39, 0.29) is 23.1 Å². The molecule has 162 valence electrons. The minimum absolute atomic E-state index is 0.00115. The number of pyridine rings is 1. The van der Waals surface area contributed by atoms with Gasteiger partial charge in [0.1, 0.15) is 12.4 Å². The normalized spacial score (nSPS) is 17.2. The van der Waals surface area contributed by atoms with Gasteiger partial charge in [-0.2, -0.15) is 13.2 Å². The first-order valence-electron chi connectivity index (χ1n) is 9.24. The highest BCUT2D eigenvalue weighted by atomic mass is 32.2. The summed E-state index contributed by atoms with van der Waals surface area (Å²) in [5.41, 5.74) is -0.448. The second-order valence-corrected chi connectivity index (χ2v) is 9.20. The predicted octanol–water partition coefficient (Wildman–Crippen LogP) is 3.70. The first kappa shape index (κ1) is 22.1. The van der Waals surface area contributed by atoms with Gasteiger partial charge in [0.15, 0.2) is 9.84 Å². The maximum Gasteiger partial charge on any atom is 0.417 e. The third-order valence-corrected chi connectivity index (χ3v) is 6.01. The molecule has 0 bridgehead atoms. The number of hydrogen-bond acceptors (Lipinski definition) is 6. The van der Waals surface area contributed by atoms with Crippen LogP contribution in [0.3, 0.4) is 0 Å². The lowest BCUT2D eigenvalue weighted by atomic mass is 10.0. The molecule has 30 heavy (non-hydrogen) atoms. The molecule has 6 nitrogen and oxygen atoms in total. The van der Waals surface area contributed by atoms with Crippen LogP contribution >= 0.6 is 0 Å². The zero-order valence-corrected chi connectivity index (χ0v) is 17.3. The number of sulfone groups is 1. The van der Waals surface area contributed by atoms with E-state index in [2.05, 4.69) is 4.98 Å². The summed E-state index contributed by atoms with van der Waals surface area (Å²) in [6.45, 7) is 1.92. The van der Waals surface area contributed by atoms with Crippen LogP contribution in [0.1, 0.15) is 25.3 Å². The van der Waals surface area contributed by atoms with E-state index in [0.717, 1.165) is 24.9 Å². The third kappa shape index (κ3) is 4.92. The van der Waals surface area contributed by atoms with Crippen molar-refractivity contribution in [3.63, 3.8) is 0 Å². The van der Waals surface area contributed by atoms with E-state index >= 15 is 0 Å². The lowest BCUT2D eigenvalue weighted by molar-refractivity contribution is -0.141. The molecule has 2 aromatic rings. The fourth-order valence-electron chi connectivity index (χ4n) is 3.45. The number of anilines is 1. The van der Waals surface area contributed by atoms with Crippen LogP contribution in [0.2, 0.25) is 0 Å². The van der Waals surface area contributed by atoms with Crippen LogP contribution in [-0.2, 0) is 25.5 Å². The van der Waals surface area contributed by atoms with E-state index in [1.54, 1.807) is 6.07 Å². The van der Waals surface area contributed by atoms with Crippen molar-refractivity contribution >= 4 is 21.6 Å². The van der Waals surface area contributed by atoms with E-state index < -0.39 is 27.5 Å². The van der Waals surface area contributed by atoms with Crippen molar-refractivity contribution in [3.8, 4) is 11.1 Å². The summed E-state index contributed by atoms with van der Waals surface area (Å²) in [4.78, 5) is 17.1. The summed E-state index contributed by atoms with van der Waals surface area (Å²) >= 11 is 0. The largest absolute Gasteiger partial charge is 0.464 e. The van der Waals surface area contributed by atoms with Gasteiger partial charge < -0.3 is 9.64 Å². The zero-order valence-electron chi connectivity index (χ0n) is 16.4. The number of ether oxygens (including phenoxy) is 1. The molecule has 0 amide bonds. The van der Waals surface area contributed by atoms with Gasteiger partial charge in [-0.05, 0) is 36.6 Å². The molecule has 0 N–H and O–H groups in total. The molecule has 1 aromatic carbocycles. The van der Waals surface area contributed by atoms with Gasteiger partial charge in [0.05, 0.1) is 16.5 Å². The maximum absolute atomic E-state index is 13.3. The number of carbonyl (C=O) groups is 1. The van der Waals surface area contributed by atoms with Gasteiger partial charge in [0.25, 0.3) is 0 Å². The van der Waals surface area contributed by atoms with Crippen molar-refractivity contribution in [2.24, 2.45) is 0 Å². The van der Waals surface area contributed by atoms with Crippen LogP contribution in [0.25, 0.3) is 11.1 Å². The SMILES string of the molecule is CC(=O)OCC1CCCN1c1ncc(C(F)(F)F)cc1-c1cccc(S(C)(=O)=O)c1. The van der Waals surface area contributed by atoms with Gasteiger partial charge in [0, 0.05) is 31.5 Å². The number of halogens is 3. The van der Waals surface area contributed by atoms with Crippen LogP contribution in [0.5, 0.6) is 0 Å². The molecule has 1 aliphatic rings. The van der Waals surface area contributed by atoms with E-state index in [1.165, 1.54) is 25.1 Å². The quantitative estimate of drug-likeness (QED) is 0.658. The molecule has 1 unspecified atom stereocenters. The lowest BCUT2D eigenvalue weighted by Gasteiger charge is -2.28. The molecule has 1 atom stereocenters. The topological polar surface area (TPSA) is 76.6 Å². The Hall–Kier alpha value is -2.62. The minimum atomic E-state index is -4.60. The second kappa shape index (κ2) is 8.25. The van der Waals surface area contributed by atoms with Gasteiger partial charge in [-0.25, -0.2) is 13.4 Å². The summed E-state index contributed by atoms with van der Waals surface area (Å²) in [7, 11) is -3.55. The van der Waals surface area contributed by atoms with Crippen LogP contribution in [0, 0.1) is 0 Å². The highest BCUT2D eigenvalue weighted by molar-refractivity contribution is 7.90. The number of rotatable bonds is 5. The van der Waals surface area contributed by atoms with Gasteiger partial charge in [0.2, 0.25) is 0 Å². The third-order valence-electron chi connectivity index (χ3n) is 4.90. The van der Waals surface area contributed by atoms with Crippen molar-refractivity contribution in [2.45, 2.75) is 36.9 Å². The Kier molecular flexibility index (Phi) is 6.07. The summed E-state index contributed by atoms with van der Waals surface area (Å²) in [5.74, 6) is -0.147. The molecule has 10 heteroatoms. The van der Waals surface area contributed by atoms with E-state index in [0.29, 0.717) is 24.3 Å². The Morgan fingerprint density at radius 2 is 2.03 bits per heavy atom. The predicted molar refractivity (Wildman–Crippen MR) is 105 cm³/mol. The van der Waals surface area contributed by atoms with Crippen LogP contribution < -0.4 is 4.90 Å². The van der Waals surface area contributed by atoms with Crippen molar-refractivity contribution < 1.29 is 31.1 Å². The fraction of sp³-hybridized carbons (Fsp3) is 0.400. The molecule has 2 heterocycles. The van der Waals surface area contributed by atoms with Crippen LogP contribution in [0.15, 0.2) is 41.4 Å². The molecule has 1 aromatic heterocycles. The minimum Gasteiger partial charge on any atom is -0.464 e. The Balaban J connectivity index is 2.12. The van der Waals surface area contributed by atoms with E-state index in [9.17, 15) is 26.4 Å². The molecule has 1 saturated heterocycles. The van der Waals surface area contributed by atoms with Crippen molar-refractivity contribution in [1.82, 2.24) is 4.98 Å². The Morgan fingerprint density at radius 3 is 2.67 bits per heavy atom. The van der Waals surface area contributed by atoms with Crippen LogP contribution in [0.4, 0.5) is 19.0 Å². The number of nitrogens with zero attached hydrogens (tertiary/aromatic N) is 2. The molecule has 1 aliphatic heterocycles. The zero-order chi connectivity index (χ0) is 22.1. The first-order valence-corrected chi connectivity index (χ1v) is 11.1. The summed E-state index contributed by atoms with van der Waals surface area (Å²) < 4.78 is 69.0. The van der Waals surface area contributed by atoms with Crippen LogP contribution in [-0.4, -0.2) is 44.8 Å². The molecular formula is C20H21F3N2O4S. The van der Waals surface area contributed by atoms with Gasteiger partial charge in [-0.15, -0.1) is 0 Å². The smallest absolute Gasteiger partial charge is 0.417 e. The Bertz CT molecular complexity index is 1050. The standard InChI is InChI=1S/C20H21F3N2O4S/c1-13(26)29-12-16-6-4-8-25(16)19-18(10-15(11-24-19)20(21,22)23)14-5-3-7-17(9-14)30(2,27)28/h3,5,7,9-11,16H,4,6,8,12H2,1-2H3. The summed E-state index contributed by atoms with van der Waals surface area (Å²) in [6.07, 6.45) is -1.35. The Labute approximate surface area is 172 Å². The average Bonchev–Trinajstić information content (AvgIpc) is 3.13. The van der Waals surface area contributed by atoms with Gasteiger partial charge in [-0.1, -0.05) is 12.1 Å². The van der Waals surface area contributed by atoms with Crippen molar-refractivity contribution in [3.05, 3.63) is 42.1 Å². The lowest BCUT2D eigenvalue weighted by Crippen LogP contribution is -2.34. The average molecular weight is 442 g/mol. The fourth-order valence-corrected chi connectivity index (χ4v) is 4.12. The number of esters is 1. The summed E-state index contributed by atoms with van der Waals surface area (Å²) in [6, 6.07) is 6.51. The number of alkyl halides is 3. The number of hydrogen-bond donors (Lipinski definition) is 0. The van der Waals surface area contributed by atoms with Gasteiger partial charge >= 0.3 is 12.1 Å². The van der Waals surface area contributed by atoms with Gasteiger partial charge in [-0.3, -0.25) is 4.79 Å². The second-order valence-electron chi connectivity index (χ2n) is 7.18. The maximum atomic E-state index is 13.3. The molecular weight excluding hydrogens is 421 g/mol. The Morgan fingerprint density at radius 1 is 1.30 bits per heavy atom. The van der Waals surface area contributed by atoms with E-state index in [1.807, 2.05) is 4.90 Å². The monoisotopic (exact) mass is 442 g/mol. The summed E-state index contributed by atoms with van der Waals surface area (Å²) in [5, 5.41) is 0. The molecule has 0 aliphatic carbocycles. The number of carbonyl (C=O) groups excluding carboxylic acids is 1.